The number of hydrogen-bond donors (Lipinski definition) is 0. The zero-order chi connectivity index (χ0) is 42.1. The Hall–Kier alpha value is -8.60. The third kappa shape index (κ3) is 5.63. The van der Waals surface area contributed by atoms with Crippen LogP contribution in [0.1, 0.15) is 22.3 Å². The number of nitrogens with zero attached hydrogens (tertiary/aromatic N) is 4. The number of benzene rings is 8. The highest BCUT2D eigenvalue weighted by Gasteiger charge is 2.29. The van der Waals surface area contributed by atoms with E-state index in [0.717, 1.165) is 56.2 Å². The van der Waals surface area contributed by atoms with Gasteiger partial charge < -0.3 is 9.13 Å². The molecule has 298 valence electrons. The van der Waals surface area contributed by atoms with Crippen LogP contribution >= 0.6 is 0 Å². The van der Waals surface area contributed by atoms with Crippen LogP contribution < -0.4 is 0 Å². The van der Waals surface area contributed by atoms with Gasteiger partial charge in [0.15, 0.2) is 0 Å². The average molecular weight is 815 g/mol. The maximum atomic E-state index is 4.86. The maximum absolute atomic E-state index is 4.86. The Morgan fingerprint density at radius 2 is 0.703 bits per heavy atom. The molecule has 4 heterocycles. The predicted molar refractivity (Wildman–Crippen MR) is 265 cm³/mol. The second-order valence-electron chi connectivity index (χ2n) is 16.5. The summed E-state index contributed by atoms with van der Waals surface area (Å²) in [5, 5.41) is 4.97. The van der Waals surface area contributed by atoms with Crippen LogP contribution in [0.5, 0.6) is 0 Å². The van der Waals surface area contributed by atoms with E-state index in [-0.39, 0.29) is 0 Å². The summed E-state index contributed by atoms with van der Waals surface area (Å²) in [4.78, 5) is 9.73. The van der Waals surface area contributed by atoms with Gasteiger partial charge in [0.05, 0.1) is 33.5 Å². The largest absolute Gasteiger partial charge is 0.309 e. The smallest absolute Gasteiger partial charge is 0.0971 e. The highest BCUT2D eigenvalue weighted by atomic mass is 15.0. The van der Waals surface area contributed by atoms with Crippen LogP contribution in [0.4, 0.5) is 0 Å². The molecule has 0 saturated carbocycles. The minimum atomic E-state index is 0.921. The van der Waals surface area contributed by atoms with Crippen LogP contribution in [0, 0.1) is 0 Å². The van der Waals surface area contributed by atoms with Gasteiger partial charge in [0.2, 0.25) is 0 Å². The van der Waals surface area contributed by atoms with Crippen molar-refractivity contribution >= 4 is 54.8 Å². The van der Waals surface area contributed by atoms with Crippen molar-refractivity contribution in [2.45, 2.75) is 0 Å². The standard InChI is InChI=1S/C60H38N4/c1-3-13-45(14-4-1)63-53-21-9-7-17-47(53)51-37-43(31-33-55(51)63)39-23-27-41(28-24-39)57(58-49-19-11-35-61-59(49)60-50(58)20-12-36-62-60)42-29-25-40(26-30-42)44-32-34-56-52(38-44)48-18-8-10-22-54(48)64(56)46-15-5-2-6-16-46/h1-38H. The van der Waals surface area contributed by atoms with Crippen molar-refractivity contribution in [2.24, 2.45) is 0 Å². The van der Waals surface area contributed by atoms with Gasteiger partial charge in [-0.25, -0.2) is 0 Å². The molecule has 4 heteroatoms. The van der Waals surface area contributed by atoms with Crippen LogP contribution in [0.2, 0.25) is 0 Å². The summed E-state index contributed by atoms with van der Waals surface area (Å²) < 4.78 is 4.73. The van der Waals surface area contributed by atoms with Gasteiger partial charge in [0.1, 0.15) is 0 Å². The Morgan fingerprint density at radius 1 is 0.312 bits per heavy atom. The number of para-hydroxylation sites is 4. The molecule has 0 saturated heterocycles. The molecule has 13 rings (SSSR count). The second-order valence-corrected chi connectivity index (χ2v) is 16.5. The first-order chi connectivity index (χ1) is 31.8. The third-order valence-electron chi connectivity index (χ3n) is 13.0. The summed E-state index contributed by atoms with van der Waals surface area (Å²) in [5.41, 5.74) is 20.4. The number of aromatic nitrogens is 4. The van der Waals surface area contributed by atoms with E-state index in [1.807, 2.05) is 24.5 Å². The van der Waals surface area contributed by atoms with Gasteiger partial charge in [-0.15, -0.1) is 0 Å². The Morgan fingerprint density at radius 3 is 1.16 bits per heavy atom. The molecule has 0 bridgehead atoms. The lowest BCUT2D eigenvalue weighted by Crippen LogP contribution is -1.96. The van der Waals surface area contributed by atoms with Crippen molar-refractivity contribution in [3.8, 4) is 45.0 Å². The van der Waals surface area contributed by atoms with Gasteiger partial charge in [-0.05, 0) is 112 Å². The lowest BCUT2D eigenvalue weighted by molar-refractivity contribution is 1.18. The van der Waals surface area contributed by atoms with E-state index in [2.05, 4.69) is 215 Å². The molecule has 64 heavy (non-hydrogen) atoms. The van der Waals surface area contributed by atoms with E-state index in [1.54, 1.807) is 0 Å². The molecule has 0 unspecified atom stereocenters. The average Bonchev–Trinajstić information content (AvgIpc) is 4.00. The van der Waals surface area contributed by atoms with E-state index < -0.39 is 0 Å². The third-order valence-corrected chi connectivity index (χ3v) is 13.0. The first-order valence-corrected chi connectivity index (χ1v) is 21.8. The summed E-state index contributed by atoms with van der Waals surface area (Å²) in [6, 6.07) is 79.1. The van der Waals surface area contributed by atoms with Gasteiger partial charge in [0, 0.05) is 62.0 Å². The van der Waals surface area contributed by atoms with E-state index in [4.69, 9.17) is 9.97 Å². The minimum Gasteiger partial charge on any atom is -0.309 e. The van der Waals surface area contributed by atoms with E-state index in [0.29, 0.717) is 0 Å². The molecule has 0 aliphatic heterocycles. The maximum Gasteiger partial charge on any atom is 0.0971 e. The molecule has 0 N–H and O–H groups in total. The number of rotatable bonds is 6. The molecule has 12 aromatic rings. The fourth-order valence-corrected chi connectivity index (χ4v) is 10.1. The van der Waals surface area contributed by atoms with Crippen LogP contribution in [-0.4, -0.2) is 19.1 Å². The fraction of sp³-hybridized carbons (Fsp3) is 0. The Balaban J connectivity index is 0.933. The first kappa shape index (κ1) is 36.1. The number of hydrogen-bond acceptors (Lipinski definition) is 2. The molecule has 0 radical (unpaired) electrons. The highest BCUT2D eigenvalue weighted by molar-refractivity contribution is 6.14. The first-order valence-electron chi connectivity index (χ1n) is 21.8. The molecule has 0 amide bonds. The number of pyridine rings is 2. The van der Waals surface area contributed by atoms with Gasteiger partial charge in [-0.1, -0.05) is 146 Å². The van der Waals surface area contributed by atoms with Gasteiger partial charge >= 0.3 is 0 Å². The SMILES string of the molecule is c1ccc(-n2c3ccccc3c3cc(-c4ccc(C(=C5c6cccnc6-c6ncccc65)c5ccc(-c6ccc7c(c6)c6ccccc6n7-c6ccccc6)cc5)cc4)ccc32)cc1. The van der Waals surface area contributed by atoms with Crippen LogP contribution in [0.15, 0.2) is 231 Å². The van der Waals surface area contributed by atoms with Crippen molar-refractivity contribution in [1.82, 2.24) is 19.1 Å². The summed E-state index contributed by atoms with van der Waals surface area (Å²) in [7, 11) is 0. The normalized spacial score (nSPS) is 12.0. The van der Waals surface area contributed by atoms with Gasteiger partial charge in [0.25, 0.3) is 0 Å². The molecular weight excluding hydrogens is 777 g/mol. The summed E-state index contributed by atoms with van der Waals surface area (Å²) in [5.74, 6) is 0. The molecular formula is C60H38N4. The Kier molecular flexibility index (Phi) is 8.18. The van der Waals surface area contributed by atoms with Crippen molar-refractivity contribution in [2.75, 3.05) is 0 Å². The molecule has 0 spiro atoms. The van der Waals surface area contributed by atoms with Crippen LogP contribution in [0.25, 0.3) is 99.8 Å². The minimum absolute atomic E-state index is 0.921. The van der Waals surface area contributed by atoms with Crippen molar-refractivity contribution < 1.29 is 0 Å². The lowest BCUT2D eigenvalue weighted by Gasteiger charge is -2.16. The molecule has 8 aromatic carbocycles. The van der Waals surface area contributed by atoms with Crippen molar-refractivity contribution in [1.29, 1.82) is 0 Å². The zero-order valence-electron chi connectivity index (χ0n) is 34.7. The summed E-state index contributed by atoms with van der Waals surface area (Å²) in [6.07, 6.45) is 3.73. The van der Waals surface area contributed by atoms with Gasteiger partial charge in [-0.2, -0.15) is 0 Å². The topological polar surface area (TPSA) is 35.6 Å². The van der Waals surface area contributed by atoms with Crippen LogP contribution in [0.3, 0.4) is 0 Å². The van der Waals surface area contributed by atoms with Crippen molar-refractivity contribution in [3.05, 3.63) is 253 Å². The quantitative estimate of drug-likeness (QED) is 0.168. The van der Waals surface area contributed by atoms with Crippen molar-refractivity contribution in [3.63, 3.8) is 0 Å². The lowest BCUT2D eigenvalue weighted by atomic mass is 9.87. The van der Waals surface area contributed by atoms with E-state index in [1.165, 1.54) is 65.9 Å². The molecule has 1 aliphatic carbocycles. The molecule has 0 fully saturated rings. The molecule has 0 atom stereocenters. The zero-order valence-corrected chi connectivity index (χ0v) is 34.7. The van der Waals surface area contributed by atoms with Crippen LogP contribution in [-0.2, 0) is 0 Å². The molecule has 4 aromatic heterocycles. The van der Waals surface area contributed by atoms with Gasteiger partial charge in [-0.3, -0.25) is 9.97 Å². The predicted octanol–water partition coefficient (Wildman–Crippen LogP) is 15.0. The molecule has 4 nitrogen and oxygen atoms in total. The summed E-state index contributed by atoms with van der Waals surface area (Å²) in [6.45, 7) is 0. The van der Waals surface area contributed by atoms with E-state index >= 15 is 0 Å². The Labute approximate surface area is 370 Å². The highest BCUT2D eigenvalue weighted by Crippen LogP contribution is 2.48. The monoisotopic (exact) mass is 814 g/mol. The Bertz CT molecular complexity index is 3550. The number of fused-ring (bicyclic) bond motifs is 9. The summed E-state index contributed by atoms with van der Waals surface area (Å²) >= 11 is 0. The van der Waals surface area contributed by atoms with E-state index in [9.17, 15) is 0 Å². The second kappa shape index (κ2) is 14.5. The molecule has 1 aliphatic rings. The fourth-order valence-electron chi connectivity index (χ4n) is 10.1.